The van der Waals surface area contributed by atoms with Crippen molar-refractivity contribution >= 4 is 23.6 Å². The Balaban J connectivity index is 1.94. The van der Waals surface area contributed by atoms with Crippen LogP contribution >= 0.6 is 11.8 Å². The number of nitrogens with zero attached hydrogens (tertiary/aromatic N) is 3. The first-order valence-corrected chi connectivity index (χ1v) is 7.19. The van der Waals surface area contributed by atoms with Crippen LogP contribution < -0.4 is 11.5 Å². The minimum Gasteiger partial charge on any atom is -0.370 e. The Bertz CT molecular complexity index is 468. The molecule has 0 bridgehead atoms. The van der Waals surface area contributed by atoms with Gasteiger partial charge in [0.2, 0.25) is 0 Å². The molecule has 0 aliphatic carbocycles. The Morgan fingerprint density at radius 1 is 1.37 bits per heavy atom. The van der Waals surface area contributed by atoms with Crippen LogP contribution in [0.3, 0.4) is 0 Å². The summed E-state index contributed by atoms with van der Waals surface area (Å²) < 4.78 is 0. The largest absolute Gasteiger partial charge is 0.370 e. The third-order valence-electron chi connectivity index (χ3n) is 2.84. The maximum Gasteiger partial charge on any atom is 0.267 e. The van der Waals surface area contributed by atoms with Crippen molar-refractivity contribution in [2.24, 2.45) is 16.5 Å². The molecule has 7 heteroatoms. The molecule has 6 nitrogen and oxygen atoms in total. The van der Waals surface area contributed by atoms with Crippen LogP contribution in [0.2, 0.25) is 0 Å². The van der Waals surface area contributed by atoms with E-state index in [0.717, 1.165) is 30.2 Å². The van der Waals surface area contributed by atoms with E-state index in [9.17, 15) is 4.79 Å². The zero-order chi connectivity index (χ0) is 13.7. The fourth-order valence-corrected chi connectivity index (χ4v) is 2.63. The molecule has 0 aromatic carbocycles. The first-order valence-electron chi connectivity index (χ1n) is 6.04. The number of thioether (sulfide) groups is 1. The molecule has 1 fully saturated rings. The van der Waals surface area contributed by atoms with Crippen LogP contribution in [0.25, 0.3) is 0 Å². The molecule has 102 valence electrons. The third kappa shape index (κ3) is 3.85. The average Bonchev–Trinajstić information content (AvgIpc) is 2.46. The predicted octanol–water partition coefficient (Wildman–Crippen LogP) is 0.0440. The summed E-state index contributed by atoms with van der Waals surface area (Å²) in [5.74, 6) is 2.22. The van der Waals surface area contributed by atoms with Gasteiger partial charge in [-0.05, 0) is 11.6 Å². The number of amides is 1. The normalized spacial score (nSPS) is 16.4. The highest BCUT2D eigenvalue weighted by Gasteiger charge is 2.11. The molecule has 0 unspecified atom stereocenters. The molecule has 1 aromatic heterocycles. The van der Waals surface area contributed by atoms with E-state index in [1.165, 1.54) is 0 Å². The van der Waals surface area contributed by atoms with E-state index in [4.69, 9.17) is 11.5 Å². The third-order valence-corrected chi connectivity index (χ3v) is 3.78. The summed E-state index contributed by atoms with van der Waals surface area (Å²) in [6.07, 6.45) is 1.60. The lowest BCUT2D eigenvalue weighted by Crippen LogP contribution is -2.42. The van der Waals surface area contributed by atoms with Gasteiger partial charge in [0.05, 0.1) is 6.54 Å². The summed E-state index contributed by atoms with van der Waals surface area (Å²) in [4.78, 5) is 21.3. The fraction of sp³-hybridized carbons (Fsp3) is 0.417. The van der Waals surface area contributed by atoms with Gasteiger partial charge in [0.15, 0.2) is 5.96 Å². The van der Waals surface area contributed by atoms with E-state index in [1.807, 2.05) is 11.8 Å². The monoisotopic (exact) mass is 279 g/mol. The number of primary amides is 1. The Kier molecular flexibility index (Phi) is 4.62. The summed E-state index contributed by atoms with van der Waals surface area (Å²) in [5.41, 5.74) is 12.2. The highest BCUT2D eigenvalue weighted by atomic mass is 32.2. The van der Waals surface area contributed by atoms with Gasteiger partial charge in [-0.1, -0.05) is 6.07 Å². The molecular formula is C12H17N5OS. The number of hydrogen-bond acceptors (Lipinski definition) is 4. The maximum absolute atomic E-state index is 10.9. The minimum atomic E-state index is -0.527. The van der Waals surface area contributed by atoms with E-state index in [-0.39, 0.29) is 5.69 Å². The molecule has 19 heavy (non-hydrogen) atoms. The second-order valence-corrected chi connectivity index (χ2v) is 5.41. The van der Waals surface area contributed by atoms with Crippen molar-refractivity contribution in [2.75, 3.05) is 24.6 Å². The van der Waals surface area contributed by atoms with Crippen molar-refractivity contribution in [1.29, 1.82) is 0 Å². The first kappa shape index (κ1) is 13.7. The number of rotatable bonds is 3. The molecule has 1 aliphatic heterocycles. The SMILES string of the molecule is NC(=O)c1ccc(CN=C(N)N2CCSCC2)cn1. The minimum absolute atomic E-state index is 0.258. The maximum atomic E-state index is 10.9. The number of pyridine rings is 1. The average molecular weight is 279 g/mol. The highest BCUT2D eigenvalue weighted by molar-refractivity contribution is 7.99. The smallest absolute Gasteiger partial charge is 0.267 e. The number of hydrogen-bond donors (Lipinski definition) is 2. The van der Waals surface area contributed by atoms with Crippen LogP contribution in [-0.2, 0) is 6.54 Å². The lowest BCUT2D eigenvalue weighted by molar-refractivity contribution is 0.0995. The summed E-state index contributed by atoms with van der Waals surface area (Å²) in [6.45, 7) is 2.35. The molecule has 2 heterocycles. The summed E-state index contributed by atoms with van der Waals surface area (Å²) in [6, 6.07) is 3.39. The molecular weight excluding hydrogens is 262 g/mol. The van der Waals surface area contributed by atoms with Gasteiger partial charge in [0, 0.05) is 30.8 Å². The van der Waals surface area contributed by atoms with E-state index < -0.39 is 5.91 Å². The molecule has 1 aliphatic rings. The van der Waals surface area contributed by atoms with Gasteiger partial charge in [0.25, 0.3) is 5.91 Å². The molecule has 0 radical (unpaired) electrons. The molecule has 4 N–H and O–H groups in total. The van der Waals surface area contributed by atoms with Crippen LogP contribution in [0.15, 0.2) is 23.3 Å². The second kappa shape index (κ2) is 6.42. The van der Waals surface area contributed by atoms with E-state index >= 15 is 0 Å². The number of guanidine groups is 1. The zero-order valence-electron chi connectivity index (χ0n) is 10.6. The van der Waals surface area contributed by atoms with E-state index in [1.54, 1.807) is 18.3 Å². The summed E-state index contributed by atoms with van der Waals surface area (Å²) in [5, 5.41) is 0. The van der Waals surface area contributed by atoms with Gasteiger partial charge >= 0.3 is 0 Å². The van der Waals surface area contributed by atoms with Crippen LogP contribution in [0, 0.1) is 0 Å². The lowest BCUT2D eigenvalue weighted by Gasteiger charge is -2.27. The highest BCUT2D eigenvalue weighted by Crippen LogP contribution is 2.09. The molecule has 1 saturated heterocycles. The lowest BCUT2D eigenvalue weighted by atomic mass is 10.2. The van der Waals surface area contributed by atoms with Gasteiger partial charge in [-0.15, -0.1) is 0 Å². The van der Waals surface area contributed by atoms with Crippen LogP contribution in [0.4, 0.5) is 0 Å². The number of carbonyl (C=O) groups is 1. The van der Waals surface area contributed by atoms with Crippen LogP contribution in [0.1, 0.15) is 16.1 Å². The Labute approximate surface area is 116 Å². The van der Waals surface area contributed by atoms with Gasteiger partial charge in [-0.25, -0.2) is 4.99 Å². The van der Waals surface area contributed by atoms with Crippen LogP contribution in [0.5, 0.6) is 0 Å². The van der Waals surface area contributed by atoms with Crippen molar-refractivity contribution in [3.05, 3.63) is 29.6 Å². The van der Waals surface area contributed by atoms with Crippen molar-refractivity contribution in [3.63, 3.8) is 0 Å². The topological polar surface area (TPSA) is 97.6 Å². The Hall–Kier alpha value is -1.76. The predicted molar refractivity (Wildman–Crippen MR) is 77.0 cm³/mol. The first-order chi connectivity index (χ1) is 9.16. The van der Waals surface area contributed by atoms with E-state index in [2.05, 4.69) is 14.9 Å². The molecule has 0 saturated carbocycles. The van der Waals surface area contributed by atoms with Gasteiger partial charge in [0.1, 0.15) is 5.69 Å². The summed E-state index contributed by atoms with van der Waals surface area (Å²) in [7, 11) is 0. The number of aromatic nitrogens is 1. The van der Waals surface area contributed by atoms with Crippen molar-refractivity contribution in [2.45, 2.75) is 6.54 Å². The molecule has 2 rings (SSSR count). The molecule has 1 aromatic rings. The molecule has 0 spiro atoms. The number of nitrogens with two attached hydrogens (primary N) is 2. The van der Waals surface area contributed by atoms with Gasteiger partial charge in [-0.2, -0.15) is 11.8 Å². The zero-order valence-corrected chi connectivity index (χ0v) is 11.4. The summed E-state index contributed by atoms with van der Waals surface area (Å²) >= 11 is 1.93. The van der Waals surface area contributed by atoms with Crippen molar-refractivity contribution in [1.82, 2.24) is 9.88 Å². The Morgan fingerprint density at radius 3 is 2.68 bits per heavy atom. The van der Waals surface area contributed by atoms with E-state index in [0.29, 0.717) is 12.5 Å². The van der Waals surface area contributed by atoms with Crippen molar-refractivity contribution in [3.8, 4) is 0 Å². The standard InChI is InChI=1S/C12H17N5OS/c13-11(18)10-2-1-9(7-15-10)8-16-12(14)17-3-5-19-6-4-17/h1-2,7H,3-6,8H2,(H2,13,18)(H2,14,16). The Morgan fingerprint density at radius 2 is 2.11 bits per heavy atom. The molecule has 0 atom stereocenters. The second-order valence-electron chi connectivity index (χ2n) is 4.19. The van der Waals surface area contributed by atoms with Crippen LogP contribution in [-0.4, -0.2) is 46.3 Å². The molecule has 1 amide bonds. The van der Waals surface area contributed by atoms with Crippen molar-refractivity contribution < 1.29 is 4.79 Å². The van der Waals surface area contributed by atoms with Gasteiger partial charge in [-0.3, -0.25) is 9.78 Å². The fourth-order valence-electron chi connectivity index (χ4n) is 1.73. The number of aliphatic imine (C=N–C) groups is 1. The van der Waals surface area contributed by atoms with Gasteiger partial charge < -0.3 is 16.4 Å². The number of carbonyl (C=O) groups excluding carboxylic acids is 1. The quantitative estimate of drug-likeness (QED) is 0.601.